The van der Waals surface area contributed by atoms with Crippen molar-refractivity contribution in [1.29, 1.82) is 0 Å². The zero-order valence-electron chi connectivity index (χ0n) is 15.4. The Morgan fingerprint density at radius 3 is 3.07 bits per heavy atom. The molecule has 2 atom stereocenters. The van der Waals surface area contributed by atoms with E-state index in [1.165, 1.54) is 6.92 Å². The van der Waals surface area contributed by atoms with Crippen molar-refractivity contribution in [1.82, 2.24) is 29.5 Å². The molecule has 1 aliphatic heterocycles. The van der Waals surface area contributed by atoms with Gasteiger partial charge in [-0.05, 0) is 41.1 Å². The Balaban J connectivity index is 1.60. The van der Waals surface area contributed by atoms with Crippen LogP contribution >= 0.6 is 15.9 Å². The summed E-state index contributed by atoms with van der Waals surface area (Å²) in [6, 6.07) is 7.28. The summed E-state index contributed by atoms with van der Waals surface area (Å²) in [5.74, 6) is -0.206. The van der Waals surface area contributed by atoms with Gasteiger partial charge in [0.2, 0.25) is 11.7 Å². The Morgan fingerprint density at radius 1 is 1.45 bits per heavy atom. The number of rotatable bonds is 3. The summed E-state index contributed by atoms with van der Waals surface area (Å²) < 4.78 is 7.59. The first-order valence-corrected chi connectivity index (χ1v) is 9.94. The lowest BCUT2D eigenvalue weighted by Gasteiger charge is -2.33. The number of imidazole rings is 1. The minimum Gasteiger partial charge on any atom is -0.431 e. The lowest BCUT2D eigenvalue weighted by molar-refractivity contribution is 0.0644. The highest BCUT2D eigenvalue weighted by Crippen LogP contribution is 2.35. The summed E-state index contributed by atoms with van der Waals surface area (Å²) in [5.41, 5.74) is 3.38. The topological polar surface area (TPSA) is 113 Å². The van der Waals surface area contributed by atoms with Crippen LogP contribution in [0.5, 0.6) is 0 Å². The summed E-state index contributed by atoms with van der Waals surface area (Å²) in [6.45, 7) is 1.99. The van der Waals surface area contributed by atoms with Gasteiger partial charge in [0, 0.05) is 24.9 Å². The van der Waals surface area contributed by atoms with Gasteiger partial charge in [0.25, 0.3) is 5.91 Å². The molecular weight excluding hydrogens is 440 g/mol. The van der Waals surface area contributed by atoms with Crippen molar-refractivity contribution < 1.29 is 14.3 Å². The number of nitrogens with one attached hydrogen (secondary N) is 1. The first kappa shape index (κ1) is 18.1. The lowest BCUT2D eigenvalue weighted by atomic mass is 9.99. The molecule has 9 nitrogen and oxygen atoms in total. The Bertz CT molecular complexity index is 1180. The van der Waals surface area contributed by atoms with E-state index < -0.39 is 12.1 Å². The van der Waals surface area contributed by atoms with E-state index >= 15 is 0 Å². The van der Waals surface area contributed by atoms with Crippen LogP contribution in [0.4, 0.5) is 0 Å². The van der Waals surface area contributed by atoms with Crippen LogP contribution in [0.15, 0.2) is 45.8 Å². The molecule has 4 aromatic heterocycles. The summed E-state index contributed by atoms with van der Waals surface area (Å²) in [4.78, 5) is 26.8. The molecule has 0 aromatic carbocycles. The van der Waals surface area contributed by atoms with Gasteiger partial charge < -0.3 is 19.4 Å². The van der Waals surface area contributed by atoms with Crippen molar-refractivity contribution in [2.45, 2.75) is 25.5 Å². The molecule has 4 aromatic rings. The number of halogens is 1. The first-order chi connectivity index (χ1) is 14.0. The SMILES string of the molecule is CC(O)c1nc(Br)c(C(=O)N2CCc3[nH]cnc3C2c2cc3ccccn3n2)o1. The summed E-state index contributed by atoms with van der Waals surface area (Å²) >= 11 is 3.28. The molecule has 1 aliphatic rings. The van der Waals surface area contributed by atoms with Gasteiger partial charge in [0.05, 0.1) is 23.2 Å². The van der Waals surface area contributed by atoms with Gasteiger partial charge in [-0.1, -0.05) is 6.07 Å². The number of hydrogen-bond donors (Lipinski definition) is 2. The second kappa shape index (κ2) is 6.82. The van der Waals surface area contributed by atoms with Gasteiger partial charge in [-0.2, -0.15) is 5.10 Å². The molecule has 2 unspecified atom stereocenters. The van der Waals surface area contributed by atoms with Crippen LogP contribution in [-0.4, -0.2) is 47.0 Å². The maximum absolute atomic E-state index is 13.4. The number of H-pyrrole nitrogens is 1. The highest BCUT2D eigenvalue weighted by Gasteiger charge is 2.38. The van der Waals surface area contributed by atoms with Crippen molar-refractivity contribution in [3.8, 4) is 0 Å². The number of pyridine rings is 1. The van der Waals surface area contributed by atoms with Gasteiger partial charge in [0.15, 0.2) is 4.60 Å². The predicted molar refractivity (Wildman–Crippen MR) is 105 cm³/mol. The molecule has 0 spiro atoms. The Labute approximate surface area is 173 Å². The number of aliphatic hydroxyl groups excluding tert-OH is 1. The molecule has 2 N–H and O–H groups in total. The third kappa shape index (κ3) is 2.95. The molecule has 10 heteroatoms. The van der Waals surface area contributed by atoms with Gasteiger partial charge in [-0.3, -0.25) is 4.79 Å². The first-order valence-electron chi connectivity index (χ1n) is 9.14. The maximum Gasteiger partial charge on any atom is 0.293 e. The molecule has 29 heavy (non-hydrogen) atoms. The number of nitrogens with zero attached hydrogens (tertiary/aromatic N) is 5. The minimum atomic E-state index is -0.915. The molecule has 0 bridgehead atoms. The van der Waals surface area contributed by atoms with Gasteiger partial charge in [0.1, 0.15) is 12.1 Å². The number of oxazole rings is 1. The van der Waals surface area contributed by atoms with E-state index in [4.69, 9.17) is 4.42 Å². The van der Waals surface area contributed by atoms with Gasteiger partial charge in [-0.25, -0.2) is 14.5 Å². The van der Waals surface area contributed by atoms with Crippen LogP contribution in [-0.2, 0) is 6.42 Å². The van der Waals surface area contributed by atoms with Crippen LogP contribution < -0.4 is 0 Å². The smallest absolute Gasteiger partial charge is 0.293 e. The van der Waals surface area contributed by atoms with E-state index in [0.29, 0.717) is 18.7 Å². The monoisotopic (exact) mass is 456 g/mol. The number of aromatic amines is 1. The average molecular weight is 457 g/mol. The van der Waals surface area contributed by atoms with E-state index in [-0.39, 0.29) is 22.2 Å². The van der Waals surface area contributed by atoms with Crippen LogP contribution in [0, 0.1) is 0 Å². The highest BCUT2D eigenvalue weighted by atomic mass is 79.9. The number of amides is 1. The number of carbonyl (C=O) groups is 1. The molecule has 5 rings (SSSR count). The van der Waals surface area contributed by atoms with E-state index in [1.54, 1.807) is 15.7 Å². The van der Waals surface area contributed by atoms with Crippen molar-refractivity contribution >= 4 is 27.4 Å². The summed E-state index contributed by atoms with van der Waals surface area (Å²) in [5, 5.41) is 14.4. The number of aliphatic hydroxyl groups is 1. The third-order valence-corrected chi connectivity index (χ3v) is 5.55. The average Bonchev–Trinajstić information content (AvgIpc) is 3.43. The third-order valence-electron chi connectivity index (χ3n) is 5.01. The Morgan fingerprint density at radius 2 is 2.31 bits per heavy atom. The number of aromatic nitrogens is 5. The van der Waals surface area contributed by atoms with Crippen LogP contribution in [0.25, 0.3) is 5.52 Å². The second-order valence-corrected chi connectivity index (χ2v) is 7.66. The predicted octanol–water partition coefficient (Wildman–Crippen LogP) is 2.65. The fraction of sp³-hybridized carbons (Fsp3) is 0.263. The van der Waals surface area contributed by atoms with Crippen molar-refractivity contribution in [3.63, 3.8) is 0 Å². The molecule has 0 aliphatic carbocycles. The van der Waals surface area contributed by atoms with Crippen molar-refractivity contribution in [3.05, 3.63) is 70.1 Å². The minimum absolute atomic E-state index is 0.0497. The Hall–Kier alpha value is -2.98. The van der Waals surface area contributed by atoms with E-state index in [9.17, 15) is 9.90 Å². The van der Waals surface area contributed by atoms with E-state index in [1.807, 2.05) is 30.5 Å². The van der Waals surface area contributed by atoms with Crippen molar-refractivity contribution in [2.75, 3.05) is 6.54 Å². The molecule has 1 amide bonds. The highest BCUT2D eigenvalue weighted by molar-refractivity contribution is 9.10. The summed E-state index contributed by atoms with van der Waals surface area (Å²) in [7, 11) is 0. The quantitative estimate of drug-likeness (QED) is 0.489. The standard InChI is InChI=1S/C19H17BrN6O3/c1-10(27)18-23-17(20)16(29-18)19(28)25-7-5-12-14(22-9-21-12)15(25)13-8-11-4-2-3-6-26(11)24-13/h2-4,6,8-10,15,27H,5,7H2,1H3,(H,21,22). The zero-order valence-corrected chi connectivity index (χ0v) is 17.0. The van der Waals surface area contributed by atoms with Crippen LogP contribution in [0.3, 0.4) is 0 Å². The number of carbonyl (C=O) groups excluding carboxylic acids is 1. The van der Waals surface area contributed by atoms with E-state index in [0.717, 1.165) is 16.9 Å². The number of fused-ring (bicyclic) bond motifs is 2. The largest absolute Gasteiger partial charge is 0.431 e. The van der Waals surface area contributed by atoms with E-state index in [2.05, 4.69) is 36.0 Å². The fourth-order valence-corrected chi connectivity index (χ4v) is 4.07. The van der Waals surface area contributed by atoms with Gasteiger partial charge in [-0.15, -0.1) is 0 Å². The maximum atomic E-state index is 13.4. The molecule has 148 valence electrons. The fourth-order valence-electron chi connectivity index (χ4n) is 3.64. The molecule has 0 radical (unpaired) electrons. The molecule has 0 fully saturated rings. The molecule has 5 heterocycles. The normalized spacial score (nSPS) is 17.5. The second-order valence-electron chi connectivity index (χ2n) is 6.90. The van der Waals surface area contributed by atoms with Gasteiger partial charge >= 0.3 is 0 Å². The van der Waals surface area contributed by atoms with Crippen LogP contribution in [0.1, 0.15) is 52.6 Å². The summed E-state index contributed by atoms with van der Waals surface area (Å²) in [6.07, 6.45) is 3.22. The van der Waals surface area contributed by atoms with Crippen molar-refractivity contribution in [2.24, 2.45) is 0 Å². The lowest BCUT2D eigenvalue weighted by Crippen LogP contribution is -2.41. The van der Waals surface area contributed by atoms with Crippen LogP contribution in [0.2, 0.25) is 0 Å². The molecular formula is C19H17BrN6O3. The number of hydrogen-bond acceptors (Lipinski definition) is 6. The molecule has 0 saturated carbocycles. The zero-order chi connectivity index (χ0) is 20.1. The Kier molecular flexibility index (Phi) is 4.25. The molecule has 0 saturated heterocycles.